The van der Waals surface area contributed by atoms with Crippen LogP contribution < -0.4 is 10.1 Å². The first kappa shape index (κ1) is 17.3. The van der Waals surface area contributed by atoms with Crippen LogP contribution in [-0.4, -0.2) is 19.1 Å². The standard InChI is InChI=1S/C19H18F3NO2/c20-19(21,22)17-9-5-4-8-14(17)15-12-16(15)18(24)23-10-11-25-13-6-2-1-3-7-13/h1-9,15-16H,10-12H2,(H,23,24). The molecular weight excluding hydrogens is 331 g/mol. The number of amides is 1. The van der Waals surface area contributed by atoms with Gasteiger partial charge in [0.05, 0.1) is 12.1 Å². The Kier molecular flexibility index (Phi) is 4.97. The summed E-state index contributed by atoms with van der Waals surface area (Å²) in [4.78, 5) is 12.1. The van der Waals surface area contributed by atoms with E-state index in [1.54, 1.807) is 6.07 Å². The number of alkyl halides is 3. The van der Waals surface area contributed by atoms with Crippen LogP contribution in [-0.2, 0) is 11.0 Å². The summed E-state index contributed by atoms with van der Waals surface area (Å²) in [6.45, 7) is 0.629. The molecule has 0 heterocycles. The van der Waals surface area contributed by atoms with E-state index in [0.29, 0.717) is 25.3 Å². The predicted molar refractivity (Wildman–Crippen MR) is 87.2 cm³/mol. The third-order valence-electron chi connectivity index (χ3n) is 4.21. The van der Waals surface area contributed by atoms with Crippen molar-refractivity contribution in [1.29, 1.82) is 0 Å². The van der Waals surface area contributed by atoms with Crippen molar-refractivity contribution in [2.24, 2.45) is 5.92 Å². The maximum absolute atomic E-state index is 13.1. The summed E-state index contributed by atoms with van der Waals surface area (Å²) in [5.41, 5.74) is -0.446. The van der Waals surface area contributed by atoms with E-state index in [2.05, 4.69) is 5.32 Å². The molecule has 0 aromatic heterocycles. The van der Waals surface area contributed by atoms with Crippen molar-refractivity contribution < 1.29 is 22.7 Å². The van der Waals surface area contributed by atoms with Crippen molar-refractivity contribution in [2.45, 2.75) is 18.5 Å². The molecular formula is C19H18F3NO2. The first-order chi connectivity index (χ1) is 12.0. The van der Waals surface area contributed by atoms with E-state index < -0.39 is 17.7 Å². The molecule has 3 rings (SSSR count). The van der Waals surface area contributed by atoms with Gasteiger partial charge in [0.25, 0.3) is 0 Å². The molecule has 132 valence electrons. The number of halogens is 3. The Hall–Kier alpha value is -2.50. The fourth-order valence-electron chi connectivity index (χ4n) is 2.90. The number of ether oxygens (including phenoxy) is 1. The molecule has 0 aliphatic heterocycles. The minimum absolute atomic E-state index is 0.204. The summed E-state index contributed by atoms with van der Waals surface area (Å²) in [6.07, 6.45) is -3.96. The van der Waals surface area contributed by atoms with Crippen LogP contribution >= 0.6 is 0 Å². The van der Waals surface area contributed by atoms with Gasteiger partial charge in [-0.25, -0.2) is 0 Å². The number of nitrogens with one attached hydrogen (secondary N) is 1. The van der Waals surface area contributed by atoms with E-state index in [4.69, 9.17) is 4.74 Å². The van der Waals surface area contributed by atoms with Crippen LogP contribution in [0.5, 0.6) is 5.75 Å². The van der Waals surface area contributed by atoms with Gasteiger partial charge >= 0.3 is 6.18 Å². The fraction of sp³-hybridized carbons (Fsp3) is 0.316. The Morgan fingerprint density at radius 3 is 2.48 bits per heavy atom. The highest BCUT2D eigenvalue weighted by Gasteiger charge is 2.47. The number of carbonyl (C=O) groups is 1. The largest absolute Gasteiger partial charge is 0.492 e. The van der Waals surface area contributed by atoms with Crippen molar-refractivity contribution in [2.75, 3.05) is 13.2 Å². The van der Waals surface area contributed by atoms with Gasteiger partial charge in [-0.05, 0) is 36.1 Å². The summed E-state index contributed by atoms with van der Waals surface area (Å²) < 4.78 is 44.6. The summed E-state index contributed by atoms with van der Waals surface area (Å²) >= 11 is 0. The van der Waals surface area contributed by atoms with Crippen LogP contribution in [0.3, 0.4) is 0 Å². The lowest BCUT2D eigenvalue weighted by Crippen LogP contribution is -2.29. The van der Waals surface area contributed by atoms with E-state index >= 15 is 0 Å². The quantitative estimate of drug-likeness (QED) is 0.801. The van der Waals surface area contributed by atoms with E-state index in [1.165, 1.54) is 12.1 Å². The smallest absolute Gasteiger partial charge is 0.416 e. The van der Waals surface area contributed by atoms with Crippen molar-refractivity contribution in [3.8, 4) is 5.75 Å². The second-order valence-electron chi connectivity index (χ2n) is 5.99. The van der Waals surface area contributed by atoms with Crippen molar-refractivity contribution in [3.05, 3.63) is 65.7 Å². The molecule has 1 amide bonds. The summed E-state index contributed by atoms with van der Waals surface area (Å²) in [7, 11) is 0. The molecule has 2 unspecified atom stereocenters. The van der Waals surface area contributed by atoms with Crippen LogP contribution in [0.25, 0.3) is 0 Å². The number of hydrogen-bond donors (Lipinski definition) is 1. The Morgan fingerprint density at radius 2 is 1.76 bits per heavy atom. The van der Waals surface area contributed by atoms with Gasteiger partial charge in [0.2, 0.25) is 5.91 Å². The normalized spacial score (nSPS) is 19.3. The van der Waals surface area contributed by atoms with Crippen LogP contribution in [0.15, 0.2) is 54.6 Å². The van der Waals surface area contributed by atoms with Crippen LogP contribution in [0, 0.1) is 5.92 Å². The minimum Gasteiger partial charge on any atom is -0.492 e. The number of para-hydroxylation sites is 1. The monoisotopic (exact) mass is 349 g/mol. The maximum atomic E-state index is 13.1. The van der Waals surface area contributed by atoms with Gasteiger partial charge in [0.15, 0.2) is 0 Å². The molecule has 3 nitrogen and oxygen atoms in total. The Labute approximate surface area is 143 Å². The second kappa shape index (κ2) is 7.17. The Bertz CT molecular complexity index is 731. The number of rotatable bonds is 6. The van der Waals surface area contributed by atoms with Gasteiger partial charge in [0.1, 0.15) is 12.4 Å². The summed E-state index contributed by atoms with van der Waals surface area (Å²) in [5, 5.41) is 2.73. The molecule has 0 bridgehead atoms. The van der Waals surface area contributed by atoms with Gasteiger partial charge in [-0.3, -0.25) is 4.79 Å². The molecule has 6 heteroatoms. The fourth-order valence-corrected chi connectivity index (χ4v) is 2.90. The van der Waals surface area contributed by atoms with Gasteiger partial charge in [0, 0.05) is 5.92 Å². The molecule has 1 saturated carbocycles. The molecule has 0 saturated heterocycles. The Balaban J connectivity index is 1.50. The lowest BCUT2D eigenvalue weighted by atomic mass is 10.0. The van der Waals surface area contributed by atoms with E-state index in [-0.39, 0.29) is 17.4 Å². The van der Waals surface area contributed by atoms with Gasteiger partial charge in [-0.15, -0.1) is 0 Å². The van der Waals surface area contributed by atoms with Crippen molar-refractivity contribution in [1.82, 2.24) is 5.32 Å². The average molecular weight is 349 g/mol. The van der Waals surface area contributed by atoms with Crippen LogP contribution in [0.4, 0.5) is 13.2 Å². The third kappa shape index (κ3) is 4.32. The highest BCUT2D eigenvalue weighted by atomic mass is 19.4. The van der Waals surface area contributed by atoms with Crippen molar-refractivity contribution >= 4 is 5.91 Å². The maximum Gasteiger partial charge on any atom is 0.416 e. The topological polar surface area (TPSA) is 38.3 Å². The van der Waals surface area contributed by atoms with Gasteiger partial charge < -0.3 is 10.1 Å². The molecule has 0 spiro atoms. The SMILES string of the molecule is O=C(NCCOc1ccccc1)C1CC1c1ccccc1C(F)(F)F. The predicted octanol–water partition coefficient (Wildman–Crippen LogP) is 4.00. The molecule has 25 heavy (non-hydrogen) atoms. The van der Waals surface area contributed by atoms with E-state index in [9.17, 15) is 18.0 Å². The highest BCUT2D eigenvalue weighted by molar-refractivity contribution is 5.83. The molecule has 2 atom stereocenters. The molecule has 1 aliphatic carbocycles. The zero-order valence-corrected chi connectivity index (χ0v) is 13.4. The molecule has 0 radical (unpaired) electrons. The van der Waals surface area contributed by atoms with Crippen LogP contribution in [0.1, 0.15) is 23.5 Å². The lowest BCUT2D eigenvalue weighted by molar-refractivity contribution is -0.138. The number of carbonyl (C=O) groups excluding carboxylic acids is 1. The van der Waals surface area contributed by atoms with Gasteiger partial charge in [-0.2, -0.15) is 13.2 Å². The molecule has 2 aromatic carbocycles. The average Bonchev–Trinajstić information content (AvgIpc) is 3.39. The molecule has 1 aliphatic rings. The number of hydrogen-bond acceptors (Lipinski definition) is 2. The van der Waals surface area contributed by atoms with Gasteiger partial charge in [-0.1, -0.05) is 36.4 Å². The van der Waals surface area contributed by atoms with E-state index in [0.717, 1.165) is 6.07 Å². The number of benzene rings is 2. The molecule has 1 N–H and O–H groups in total. The molecule has 1 fully saturated rings. The first-order valence-electron chi connectivity index (χ1n) is 8.08. The summed E-state index contributed by atoms with van der Waals surface area (Å²) in [6, 6.07) is 14.7. The van der Waals surface area contributed by atoms with E-state index in [1.807, 2.05) is 30.3 Å². The first-order valence-corrected chi connectivity index (χ1v) is 8.08. The third-order valence-corrected chi connectivity index (χ3v) is 4.21. The zero-order valence-electron chi connectivity index (χ0n) is 13.4. The highest BCUT2D eigenvalue weighted by Crippen LogP contribution is 2.50. The lowest BCUT2D eigenvalue weighted by Gasteiger charge is -2.12. The second-order valence-corrected chi connectivity index (χ2v) is 5.99. The Morgan fingerprint density at radius 1 is 1.08 bits per heavy atom. The summed E-state index contributed by atoms with van der Waals surface area (Å²) in [5.74, 6) is -0.285. The van der Waals surface area contributed by atoms with Crippen LogP contribution in [0.2, 0.25) is 0 Å². The minimum atomic E-state index is -4.40. The zero-order chi connectivity index (χ0) is 17.9. The van der Waals surface area contributed by atoms with Crippen molar-refractivity contribution in [3.63, 3.8) is 0 Å². The molecule has 2 aromatic rings.